The van der Waals surface area contributed by atoms with Gasteiger partial charge >= 0.3 is 0 Å². The van der Waals surface area contributed by atoms with Crippen LogP contribution in [0.2, 0.25) is 0 Å². The normalized spacial score (nSPS) is 11.8. The number of nitrogens with zero attached hydrogens (tertiary/aromatic N) is 2. The zero-order valence-electron chi connectivity index (χ0n) is 22.0. The van der Waals surface area contributed by atoms with Gasteiger partial charge in [-0.15, -0.1) is 0 Å². The highest BCUT2D eigenvalue weighted by molar-refractivity contribution is 5.58. The highest BCUT2D eigenvalue weighted by Gasteiger charge is 2.19. The zero-order chi connectivity index (χ0) is 24.5. The fraction of sp³-hybridized carbons (Fsp3) is 0.419. The van der Waals surface area contributed by atoms with Crippen molar-refractivity contribution in [2.45, 2.75) is 53.9 Å². The molecule has 182 valence electrons. The predicted octanol–water partition coefficient (Wildman–Crippen LogP) is 7.52. The van der Waals surface area contributed by atoms with E-state index in [1.54, 1.807) is 0 Å². The van der Waals surface area contributed by atoms with Crippen molar-refractivity contribution in [2.24, 2.45) is 0 Å². The van der Waals surface area contributed by atoms with Gasteiger partial charge in [-0.1, -0.05) is 43.3 Å². The van der Waals surface area contributed by atoms with E-state index in [0.717, 1.165) is 38.3 Å². The van der Waals surface area contributed by atoms with Gasteiger partial charge in [0.2, 0.25) is 0 Å². The summed E-state index contributed by atoms with van der Waals surface area (Å²) >= 11 is 0. The molecule has 3 aromatic rings. The summed E-state index contributed by atoms with van der Waals surface area (Å²) in [5.74, 6) is 1.10. The van der Waals surface area contributed by atoms with E-state index in [9.17, 15) is 0 Å². The molecule has 0 fully saturated rings. The van der Waals surface area contributed by atoms with Crippen molar-refractivity contribution in [3.05, 3.63) is 89.0 Å². The summed E-state index contributed by atoms with van der Waals surface area (Å²) in [7, 11) is 0. The van der Waals surface area contributed by atoms with Crippen LogP contribution in [0.4, 0.5) is 11.4 Å². The number of aryl methyl sites for hydroxylation is 1. The SMILES string of the molecule is CCOc1ccc(C(c2ccc(N(CC)CC)cc2)c2ccc(N(CC)CC)c(CC)c2)cc1. The summed E-state index contributed by atoms with van der Waals surface area (Å²) in [5.41, 5.74) is 8.00. The molecule has 0 amide bonds. The summed E-state index contributed by atoms with van der Waals surface area (Å²) in [6.07, 6.45) is 1.02. The molecule has 3 nitrogen and oxygen atoms in total. The largest absolute Gasteiger partial charge is 0.494 e. The van der Waals surface area contributed by atoms with E-state index < -0.39 is 0 Å². The molecule has 3 rings (SSSR count). The lowest BCUT2D eigenvalue weighted by Gasteiger charge is -2.27. The number of benzene rings is 3. The van der Waals surface area contributed by atoms with Crippen molar-refractivity contribution in [1.82, 2.24) is 0 Å². The Balaban J connectivity index is 2.08. The molecule has 0 heterocycles. The van der Waals surface area contributed by atoms with Gasteiger partial charge in [-0.3, -0.25) is 0 Å². The first-order chi connectivity index (χ1) is 16.6. The van der Waals surface area contributed by atoms with Gasteiger partial charge in [-0.05, 0) is 93.6 Å². The number of ether oxygens (including phenoxy) is 1. The van der Waals surface area contributed by atoms with E-state index in [1.165, 1.54) is 33.6 Å². The van der Waals surface area contributed by atoms with E-state index in [0.29, 0.717) is 6.61 Å². The van der Waals surface area contributed by atoms with Crippen LogP contribution in [0.3, 0.4) is 0 Å². The molecule has 3 heteroatoms. The molecule has 1 unspecified atom stereocenters. The molecule has 0 spiro atoms. The highest BCUT2D eigenvalue weighted by Crippen LogP contribution is 2.36. The van der Waals surface area contributed by atoms with Crippen molar-refractivity contribution in [1.29, 1.82) is 0 Å². The van der Waals surface area contributed by atoms with Gasteiger partial charge in [0, 0.05) is 43.5 Å². The molecule has 34 heavy (non-hydrogen) atoms. The van der Waals surface area contributed by atoms with Gasteiger partial charge in [0.15, 0.2) is 0 Å². The Morgan fingerprint density at radius 3 is 1.65 bits per heavy atom. The fourth-order valence-corrected chi connectivity index (χ4v) is 4.91. The molecule has 0 aliphatic carbocycles. The van der Waals surface area contributed by atoms with Gasteiger partial charge in [-0.2, -0.15) is 0 Å². The Morgan fingerprint density at radius 1 is 0.618 bits per heavy atom. The van der Waals surface area contributed by atoms with Crippen LogP contribution >= 0.6 is 0 Å². The summed E-state index contributed by atoms with van der Waals surface area (Å²) in [5, 5.41) is 0. The van der Waals surface area contributed by atoms with Crippen LogP contribution < -0.4 is 14.5 Å². The van der Waals surface area contributed by atoms with Crippen LogP contribution in [0.5, 0.6) is 5.75 Å². The molecule has 0 aliphatic heterocycles. The number of hydrogen-bond donors (Lipinski definition) is 0. The molecule has 1 atom stereocenters. The molecule has 0 aromatic heterocycles. The first kappa shape index (κ1) is 25.7. The second-order valence-electron chi connectivity index (χ2n) is 8.61. The number of hydrogen-bond acceptors (Lipinski definition) is 3. The third-order valence-corrected chi connectivity index (χ3v) is 6.80. The third kappa shape index (κ3) is 5.75. The Hall–Kier alpha value is -2.94. The minimum atomic E-state index is 0.178. The topological polar surface area (TPSA) is 15.7 Å². The molecule has 0 N–H and O–H groups in total. The van der Waals surface area contributed by atoms with Gasteiger partial charge in [0.1, 0.15) is 5.75 Å². The summed E-state index contributed by atoms with van der Waals surface area (Å²) in [6, 6.07) is 24.9. The van der Waals surface area contributed by atoms with Crippen LogP contribution in [-0.4, -0.2) is 32.8 Å². The van der Waals surface area contributed by atoms with Crippen molar-refractivity contribution in [2.75, 3.05) is 42.6 Å². The van der Waals surface area contributed by atoms with Gasteiger partial charge in [0.25, 0.3) is 0 Å². The molecule has 0 saturated heterocycles. The Morgan fingerprint density at radius 2 is 1.15 bits per heavy atom. The highest BCUT2D eigenvalue weighted by atomic mass is 16.5. The summed E-state index contributed by atoms with van der Waals surface area (Å²) < 4.78 is 5.71. The maximum Gasteiger partial charge on any atom is 0.119 e. The van der Waals surface area contributed by atoms with E-state index in [2.05, 4.69) is 111 Å². The van der Waals surface area contributed by atoms with Crippen molar-refractivity contribution < 1.29 is 4.74 Å². The smallest absolute Gasteiger partial charge is 0.119 e. The van der Waals surface area contributed by atoms with Crippen LogP contribution in [0.25, 0.3) is 0 Å². The van der Waals surface area contributed by atoms with Crippen molar-refractivity contribution in [3.63, 3.8) is 0 Å². The standard InChI is InChI=1S/C31H42N2O/c1-7-24-23-27(17-22-30(24)33(10-4)11-5)31(26-15-20-29(21-16-26)34-12-6)25-13-18-28(19-14-25)32(8-2)9-3/h13-23,31H,7-12H2,1-6H3. The zero-order valence-corrected chi connectivity index (χ0v) is 22.0. The summed E-state index contributed by atoms with van der Waals surface area (Å²) in [6.45, 7) is 17.9. The van der Waals surface area contributed by atoms with Gasteiger partial charge in [0.05, 0.1) is 6.61 Å². The maximum atomic E-state index is 5.71. The Bertz CT molecular complexity index is 1000. The van der Waals surface area contributed by atoms with E-state index >= 15 is 0 Å². The Kier molecular flexibility index (Phi) is 9.44. The molecule has 0 radical (unpaired) electrons. The molecule has 0 saturated carbocycles. The summed E-state index contributed by atoms with van der Waals surface area (Å²) in [4.78, 5) is 4.84. The van der Waals surface area contributed by atoms with Crippen LogP contribution in [0.1, 0.15) is 69.7 Å². The van der Waals surface area contributed by atoms with Crippen molar-refractivity contribution >= 4 is 11.4 Å². The lowest BCUT2D eigenvalue weighted by Crippen LogP contribution is -2.23. The van der Waals surface area contributed by atoms with E-state index in [-0.39, 0.29) is 5.92 Å². The van der Waals surface area contributed by atoms with Crippen LogP contribution in [0, 0.1) is 0 Å². The van der Waals surface area contributed by atoms with Gasteiger partial charge in [-0.25, -0.2) is 0 Å². The van der Waals surface area contributed by atoms with Crippen LogP contribution in [-0.2, 0) is 6.42 Å². The van der Waals surface area contributed by atoms with Crippen LogP contribution in [0.15, 0.2) is 66.7 Å². The minimum Gasteiger partial charge on any atom is -0.494 e. The minimum absolute atomic E-state index is 0.178. The average molecular weight is 459 g/mol. The molecule has 3 aromatic carbocycles. The lowest BCUT2D eigenvalue weighted by atomic mass is 9.84. The lowest BCUT2D eigenvalue weighted by molar-refractivity contribution is 0.340. The van der Waals surface area contributed by atoms with E-state index in [1.807, 2.05) is 6.92 Å². The number of rotatable bonds is 12. The second kappa shape index (κ2) is 12.5. The first-order valence-corrected chi connectivity index (χ1v) is 13.0. The fourth-order valence-electron chi connectivity index (χ4n) is 4.91. The molecule has 0 bridgehead atoms. The third-order valence-electron chi connectivity index (χ3n) is 6.80. The molecule has 0 aliphatic rings. The second-order valence-corrected chi connectivity index (χ2v) is 8.61. The Labute approximate surface area is 207 Å². The van der Waals surface area contributed by atoms with E-state index in [4.69, 9.17) is 4.74 Å². The average Bonchev–Trinajstić information content (AvgIpc) is 2.88. The molecular formula is C31H42N2O. The predicted molar refractivity (Wildman–Crippen MR) is 148 cm³/mol. The number of anilines is 2. The van der Waals surface area contributed by atoms with Crippen molar-refractivity contribution in [3.8, 4) is 5.75 Å². The monoisotopic (exact) mass is 458 g/mol. The molecular weight excluding hydrogens is 416 g/mol. The van der Waals surface area contributed by atoms with Gasteiger partial charge < -0.3 is 14.5 Å². The first-order valence-electron chi connectivity index (χ1n) is 13.0. The maximum absolute atomic E-state index is 5.71. The quantitative estimate of drug-likeness (QED) is 0.261.